The summed E-state index contributed by atoms with van der Waals surface area (Å²) in [6.07, 6.45) is 1.81. The normalized spacial score (nSPS) is 13.5. The Hall–Kier alpha value is -0.393. The first-order valence-electron chi connectivity index (χ1n) is 6.49. The summed E-state index contributed by atoms with van der Waals surface area (Å²) in [7, 11) is 2.45. The van der Waals surface area contributed by atoms with Gasteiger partial charge in [0.15, 0.2) is 0 Å². The van der Waals surface area contributed by atoms with Crippen molar-refractivity contribution in [1.29, 1.82) is 0 Å². The summed E-state index contributed by atoms with van der Waals surface area (Å²) >= 11 is 6.21. The van der Waals surface area contributed by atoms with Crippen molar-refractivity contribution >= 4 is 20.4 Å². The predicted octanol–water partition coefficient (Wildman–Crippen LogP) is 3.80. The van der Waals surface area contributed by atoms with Gasteiger partial charge in [0.2, 0.25) is 0 Å². The Kier molecular flexibility index (Phi) is 7.03. The Labute approximate surface area is 122 Å². The van der Waals surface area contributed by atoms with E-state index in [1.54, 1.807) is 21.3 Å². The van der Waals surface area contributed by atoms with Gasteiger partial charge in [0.1, 0.15) is 0 Å². The highest BCUT2D eigenvalue weighted by Gasteiger charge is 2.37. The molecule has 0 N–H and O–H groups in total. The van der Waals surface area contributed by atoms with Crippen LogP contribution >= 0.6 is 11.6 Å². The second-order valence-corrected chi connectivity index (χ2v) is 8.03. The smallest absolute Gasteiger partial charge is 0.377 e. The molecule has 1 aromatic rings. The molecule has 0 aliphatic heterocycles. The Bertz CT molecular complexity index is 357. The van der Waals surface area contributed by atoms with Crippen molar-refractivity contribution in [2.45, 2.75) is 31.2 Å². The molecule has 0 radical (unpaired) electrons. The van der Waals surface area contributed by atoms with E-state index in [1.165, 1.54) is 11.1 Å². The van der Waals surface area contributed by atoms with E-state index in [2.05, 4.69) is 31.2 Å². The van der Waals surface area contributed by atoms with Crippen LogP contribution in [0.15, 0.2) is 24.3 Å². The number of benzene rings is 1. The maximum Gasteiger partial charge on any atom is 0.500 e. The van der Waals surface area contributed by atoms with Crippen molar-refractivity contribution < 1.29 is 13.3 Å². The van der Waals surface area contributed by atoms with Crippen molar-refractivity contribution in [3.05, 3.63) is 35.4 Å². The predicted molar refractivity (Wildman–Crippen MR) is 80.6 cm³/mol. The second kappa shape index (κ2) is 8.02. The molecule has 0 aliphatic rings. The summed E-state index contributed by atoms with van der Waals surface area (Å²) in [5.41, 5.74) is 2.41. The minimum Gasteiger partial charge on any atom is -0.377 e. The van der Waals surface area contributed by atoms with Crippen molar-refractivity contribution in [2.24, 2.45) is 0 Å². The average Bonchev–Trinajstić information content (AvgIpc) is 2.49. The molecule has 1 aromatic carbocycles. The van der Waals surface area contributed by atoms with E-state index in [9.17, 15) is 0 Å². The molecule has 0 fully saturated rings. The molecule has 3 nitrogen and oxygen atoms in total. The van der Waals surface area contributed by atoms with E-state index >= 15 is 0 Å². The molecule has 0 saturated heterocycles. The molecule has 0 amide bonds. The van der Waals surface area contributed by atoms with E-state index in [-0.39, 0.29) is 5.38 Å². The highest BCUT2D eigenvalue weighted by molar-refractivity contribution is 6.60. The van der Waals surface area contributed by atoms with Crippen molar-refractivity contribution in [3.8, 4) is 0 Å². The van der Waals surface area contributed by atoms with Gasteiger partial charge < -0.3 is 13.3 Å². The average molecular weight is 303 g/mol. The molecule has 0 bridgehead atoms. The monoisotopic (exact) mass is 302 g/mol. The zero-order valence-corrected chi connectivity index (χ0v) is 13.9. The lowest BCUT2D eigenvalue weighted by atomic mass is 10.1. The summed E-state index contributed by atoms with van der Waals surface area (Å²) in [5.74, 6) is 0. The molecule has 0 heterocycles. The molecule has 0 aliphatic carbocycles. The van der Waals surface area contributed by atoms with Crippen molar-refractivity contribution in [2.75, 3.05) is 21.3 Å². The highest BCUT2D eigenvalue weighted by atomic mass is 35.5. The first-order chi connectivity index (χ1) is 9.10. The zero-order valence-electron chi connectivity index (χ0n) is 12.1. The summed E-state index contributed by atoms with van der Waals surface area (Å²) in [4.78, 5) is 0. The topological polar surface area (TPSA) is 27.7 Å². The molecule has 0 aromatic heterocycles. The van der Waals surface area contributed by atoms with Gasteiger partial charge in [-0.2, -0.15) is 0 Å². The Morgan fingerprint density at radius 2 is 1.58 bits per heavy atom. The van der Waals surface area contributed by atoms with Crippen LogP contribution in [0.2, 0.25) is 6.04 Å². The lowest BCUT2D eigenvalue weighted by Crippen LogP contribution is -2.43. The summed E-state index contributed by atoms with van der Waals surface area (Å²) in [5, 5.41) is 0.0967. The molecule has 1 unspecified atom stereocenters. The summed E-state index contributed by atoms with van der Waals surface area (Å²) in [6.45, 7) is 2.08. The quantitative estimate of drug-likeness (QED) is 0.540. The molecule has 1 atom stereocenters. The largest absolute Gasteiger partial charge is 0.500 e. The van der Waals surface area contributed by atoms with Crippen LogP contribution in [0.4, 0.5) is 0 Å². The Morgan fingerprint density at radius 1 is 1.05 bits per heavy atom. The van der Waals surface area contributed by atoms with Crippen LogP contribution in [-0.2, 0) is 19.7 Å². The fourth-order valence-corrected chi connectivity index (χ4v) is 3.84. The number of hydrogen-bond donors (Lipinski definition) is 0. The van der Waals surface area contributed by atoms with Gasteiger partial charge in [-0.1, -0.05) is 31.2 Å². The van der Waals surface area contributed by atoms with Gasteiger partial charge in [0, 0.05) is 27.4 Å². The fraction of sp³-hybridized carbons (Fsp3) is 0.571. The SMILES string of the molecule is CCC(Cl)c1ccc(CC[Si](OC)(OC)OC)cc1. The van der Waals surface area contributed by atoms with Gasteiger partial charge in [-0.05, 0) is 24.0 Å². The third-order valence-electron chi connectivity index (χ3n) is 3.35. The molecule has 1 rings (SSSR count). The number of rotatable bonds is 8. The third kappa shape index (κ3) is 4.58. The lowest BCUT2D eigenvalue weighted by molar-refractivity contribution is 0.123. The summed E-state index contributed by atoms with van der Waals surface area (Å²) in [6, 6.07) is 9.17. The van der Waals surface area contributed by atoms with E-state index in [0.29, 0.717) is 0 Å². The molecule has 0 saturated carbocycles. The van der Waals surface area contributed by atoms with Crippen LogP contribution in [-0.4, -0.2) is 30.1 Å². The van der Waals surface area contributed by atoms with Gasteiger partial charge in [-0.25, -0.2) is 0 Å². The zero-order chi connectivity index (χ0) is 14.3. The molecule has 108 valence electrons. The maximum absolute atomic E-state index is 6.21. The first-order valence-corrected chi connectivity index (χ1v) is 8.86. The molecule has 0 spiro atoms. The van der Waals surface area contributed by atoms with Crippen LogP contribution in [0.1, 0.15) is 29.8 Å². The molecule has 5 heteroatoms. The standard InChI is InChI=1S/C14H23ClO3Si/c1-5-14(15)13-8-6-12(7-9-13)10-11-19(16-2,17-3)18-4/h6-9,14H,5,10-11H2,1-4H3. The second-order valence-electron chi connectivity index (χ2n) is 4.41. The Morgan fingerprint density at radius 3 is 2.00 bits per heavy atom. The fourth-order valence-electron chi connectivity index (χ4n) is 1.98. The lowest BCUT2D eigenvalue weighted by Gasteiger charge is -2.24. The number of alkyl halides is 1. The number of halogens is 1. The van der Waals surface area contributed by atoms with Gasteiger partial charge >= 0.3 is 8.80 Å². The highest BCUT2D eigenvalue weighted by Crippen LogP contribution is 2.24. The molecular weight excluding hydrogens is 280 g/mol. The van der Waals surface area contributed by atoms with Crippen LogP contribution in [0.5, 0.6) is 0 Å². The summed E-state index contributed by atoms with van der Waals surface area (Å²) < 4.78 is 16.2. The van der Waals surface area contributed by atoms with Gasteiger partial charge in [-0.15, -0.1) is 11.6 Å². The number of hydrogen-bond acceptors (Lipinski definition) is 3. The van der Waals surface area contributed by atoms with E-state index in [0.717, 1.165) is 18.9 Å². The van der Waals surface area contributed by atoms with E-state index < -0.39 is 8.80 Å². The van der Waals surface area contributed by atoms with Gasteiger partial charge in [0.25, 0.3) is 0 Å². The van der Waals surface area contributed by atoms with Gasteiger partial charge in [-0.3, -0.25) is 0 Å². The molecule has 19 heavy (non-hydrogen) atoms. The van der Waals surface area contributed by atoms with E-state index in [4.69, 9.17) is 24.9 Å². The number of aryl methyl sites for hydroxylation is 1. The van der Waals surface area contributed by atoms with Crippen LogP contribution in [0.25, 0.3) is 0 Å². The molecular formula is C14H23ClO3Si. The minimum atomic E-state index is -2.47. The first kappa shape index (κ1) is 16.7. The van der Waals surface area contributed by atoms with E-state index in [1.807, 2.05) is 0 Å². The Balaban J connectivity index is 2.63. The van der Waals surface area contributed by atoms with Crippen LogP contribution in [0, 0.1) is 0 Å². The van der Waals surface area contributed by atoms with Crippen molar-refractivity contribution in [3.63, 3.8) is 0 Å². The van der Waals surface area contributed by atoms with Crippen LogP contribution in [0.3, 0.4) is 0 Å². The van der Waals surface area contributed by atoms with Gasteiger partial charge in [0.05, 0.1) is 5.38 Å². The maximum atomic E-state index is 6.21. The van der Waals surface area contributed by atoms with Crippen LogP contribution < -0.4 is 0 Å². The van der Waals surface area contributed by atoms with Crippen molar-refractivity contribution in [1.82, 2.24) is 0 Å². The minimum absolute atomic E-state index is 0.0967. The third-order valence-corrected chi connectivity index (χ3v) is 6.64.